The van der Waals surface area contributed by atoms with Gasteiger partial charge in [0.05, 0.1) is 25.8 Å². The zero-order chi connectivity index (χ0) is 23.7. The number of anilines is 1. The number of benzene rings is 3. The fourth-order valence-electron chi connectivity index (χ4n) is 4.21. The summed E-state index contributed by atoms with van der Waals surface area (Å²) in [4.78, 5) is 28.1. The average Bonchev–Trinajstić information content (AvgIpc) is 3.09. The molecule has 1 unspecified atom stereocenters. The maximum atomic E-state index is 13.3. The molecule has 0 bridgehead atoms. The molecule has 1 fully saturated rings. The number of carbonyl (C=O) groups excluding carboxylic acids is 2. The number of aliphatic hydroxyl groups is 1. The third-order valence-corrected chi connectivity index (χ3v) is 5.81. The lowest BCUT2D eigenvalue weighted by atomic mass is 9.94. The highest BCUT2D eigenvalue weighted by molar-refractivity contribution is 6.51. The number of carbonyl (C=O) groups is 2. The minimum atomic E-state index is -0.826. The predicted octanol–water partition coefficient (Wildman–Crippen LogP) is 4.95. The van der Waals surface area contributed by atoms with Gasteiger partial charge in [-0.2, -0.15) is 0 Å². The van der Waals surface area contributed by atoms with Gasteiger partial charge in [0, 0.05) is 11.3 Å². The summed E-state index contributed by atoms with van der Waals surface area (Å²) < 4.78 is 10.6. The summed E-state index contributed by atoms with van der Waals surface area (Å²) in [5, 5.41) is 11.3. The number of nitrogens with zero attached hydrogens (tertiary/aromatic N) is 1. The zero-order valence-corrected chi connectivity index (χ0v) is 19.0. The number of ether oxygens (including phenoxy) is 2. The van der Waals surface area contributed by atoms with Crippen LogP contribution in [0.3, 0.4) is 0 Å². The summed E-state index contributed by atoms with van der Waals surface area (Å²) in [5.74, 6) is -0.588. The molecule has 6 heteroatoms. The van der Waals surface area contributed by atoms with Crippen LogP contribution in [0.4, 0.5) is 5.69 Å². The molecule has 3 aromatic rings. The molecule has 1 atom stereocenters. The van der Waals surface area contributed by atoms with Gasteiger partial charge in [-0.05, 0) is 55.3 Å². The fourth-order valence-corrected chi connectivity index (χ4v) is 4.21. The van der Waals surface area contributed by atoms with Gasteiger partial charge < -0.3 is 14.6 Å². The first-order valence-corrected chi connectivity index (χ1v) is 10.5. The van der Waals surface area contributed by atoms with Gasteiger partial charge in [0.25, 0.3) is 11.7 Å². The van der Waals surface area contributed by atoms with Crippen LogP contribution in [0.2, 0.25) is 0 Å². The van der Waals surface area contributed by atoms with Gasteiger partial charge in [0.1, 0.15) is 17.3 Å². The first-order chi connectivity index (χ1) is 15.8. The van der Waals surface area contributed by atoms with E-state index >= 15 is 0 Å². The number of rotatable bonds is 5. The second-order valence-corrected chi connectivity index (χ2v) is 7.97. The number of aryl methyl sites for hydroxylation is 2. The van der Waals surface area contributed by atoms with Crippen molar-refractivity contribution in [1.82, 2.24) is 0 Å². The van der Waals surface area contributed by atoms with Crippen LogP contribution in [0.1, 0.15) is 28.3 Å². The van der Waals surface area contributed by atoms with Crippen LogP contribution >= 0.6 is 0 Å². The molecule has 1 aliphatic heterocycles. The van der Waals surface area contributed by atoms with Crippen LogP contribution in [-0.2, 0) is 9.59 Å². The van der Waals surface area contributed by atoms with Crippen molar-refractivity contribution in [2.45, 2.75) is 19.9 Å². The van der Waals surface area contributed by atoms with E-state index < -0.39 is 17.7 Å². The van der Waals surface area contributed by atoms with E-state index in [1.165, 1.54) is 12.0 Å². The Bertz CT molecular complexity index is 1280. The molecule has 0 saturated carbocycles. The van der Waals surface area contributed by atoms with Gasteiger partial charge in [-0.25, -0.2) is 0 Å². The topological polar surface area (TPSA) is 76.1 Å². The minimum Gasteiger partial charge on any atom is -0.507 e. The molecule has 1 N–H and O–H groups in total. The zero-order valence-electron chi connectivity index (χ0n) is 19.0. The molecule has 0 aliphatic carbocycles. The first-order valence-electron chi connectivity index (χ1n) is 10.5. The smallest absolute Gasteiger partial charge is 0.300 e. The molecule has 6 nitrogen and oxygen atoms in total. The normalized spacial score (nSPS) is 17.3. The monoisotopic (exact) mass is 443 g/mol. The molecule has 0 spiro atoms. The Hall–Kier alpha value is -4.06. The predicted molar refractivity (Wildman–Crippen MR) is 127 cm³/mol. The molecule has 0 radical (unpaired) electrons. The number of Topliss-reactive ketones (excluding diaryl/α,β-unsaturated/α-hetero) is 1. The summed E-state index contributed by atoms with van der Waals surface area (Å²) in [6.07, 6.45) is 0. The molecular formula is C27H25NO5. The van der Waals surface area contributed by atoms with Crippen LogP contribution in [0.15, 0.2) is 72.3 Å². The maximum Gasteiger partial charge on any atom is 0.300 e. The van der Waals surface area contributed by atoms with Gasteiger partial charge in [-0.1, -0.05) is 42.0 Å². The molecule has 33 heavy (non-hydrogen) atoms. The van der Waals surface area contributed by atoms with Crippen molar-refractivity contribution in [1.29, 1.82) is 0 Å². The molecular weight excluding hydrogens is 418 g/mol. The Balaban J connectivity index is 1.98. The van der Waals surface area contributed by atoms with Crippen LogP contribution in [-0.4, -0.2) is 31.0 Å². The number of methoxy groups -OCH3 is 2. The average molecular weight is 443 g/mol. The van der Waals surface area contributed by atoms with Gasteiger partial charge in [0.15, 0.2) is 0 Å². The van der Waals surface area contributed by atoms with E-state index in [0.717, 1.165) is 11.1 Å². The van der Waals surface area contributed by atoms with Crippen molar-refractivity contribution in [2.24, 2.45) is 0 Å². The highest BCUT2D eigenvalue weighted by Gasteiger charge is 2.47. The fraction of sp³-hybridized carbons (Fsp3) is 0.185. The Labute approximate surface area is 192 Å². The van der Waals surface area contributed by atoms with E-state index in [1.807, 2.05) is 38.1 Å². The number of hydrogen-bond acceptors (Lipinski definition) is 5. The molecule has 0 aromatic heterocycles. The molecule has 1 aliphatic rings. The molecule has 1 saturated heterocycles. The van der Waals surface area contributed by atoms with E-state index in [-0.39, 0.29) is 11.3 Å². The molecule has 1 heterocycles. The Kier molecular flexibility index (Phi) is 5.92. The van der Waals surface area contributed by atoms with E-state index in [1.54, 1.807) is 49.6 Å². The van der Waals surface area contributed by atoms with Crippen LogP contribution < -0.4 is 14.4 Å². The Morgan fingerprint density at radius 3 is 2.21 bits per heavy atom. The number of ketones is 1. The highest BCUT2D eigenvalue weighted by atomic mass is 16.5. The van der Waals surface area contributed by atoms with Gasteiger partial charge in [-0.3, -0.25) is 14.5 Å². The van der Waals surface area contributed by atoms with Crippen molar-refractivity contribution in [3.8, 4) is 11.5 Å². The number of amides is 1. The lowest BCUT2D eigenvalue weighted by Gasteiger charge is -2.27. The molecule has 3 aromatic carbocycles. The van der Waals surface area contributed by atoms with Gasteiger partial charge in [0.2, 0.25) is 0 Å². The Morgan fingerprint density at radius 2 is 1.55 bits per heavy atom. The van der Waals surface area contributed by atoms with Crippen molar-refractivity contribution in [2.75, 3.05) is 19.1 Å². The highest BCUT2D eigenvalue weighted by Crippen LogP contribution is 2.44. The lowest BCUT2D eigenvalue weighted by Crippen LogP contribution is -2.30. The third kappa shape index (κ3) is 3.96. The second kappa shape index (κ2) is 8.82. The largest absolute Gasteiger partial charge is 0.507 e. The van der Waals surface area contributed by atoms with E-state index in [0.29, 0.717) is 28.3 Å². The first kappa shape index (κ1) is 22.1. The van der Waals surface area contributed by atoms with E-state index in [2.05, 4.69) is 0 Å². The third-order valence-electron chi connectivity index (χ3n) is 5.81. The van der Waals surface area contributed by atoms with Gasteiger partial charge in [-0.15, -0.1) is 0 Å². The summed E-state index contributed by atoms with van der Waals surface area (Å²) in [7, 11) is 3.07. The van der Waals surface area contributed by atoms with Crippen molar-refractivity contribution < 1.29 is 24.2 Å². The lowest BCUT2D eigenvalue weighted by molar-refractivity contribution is -0.132. The molecule has 168 valence electrons. The number of hydrogen-bond donors (Lipinski definition) is 1. The van der Waals surface area contributed by atoms with E-state index in [4.69, 9.17) is 9.47 Å². The summed E-state index contributed by atoms with van der Waals surface area (Å²) >= 11 is 0. The summed E-state index contributed by atoms with van der Waals surface area (Å²) in [6, 6.07) is 18.8. The maximum absolute atomic E-state index is 13.3. The van der Waals surface area contributed by atoms with Crippen LogP contribution in [0, 0.1) is 13.8 Å². The van der Waals surface area contributed by atoms with Crippen molar-refractivity contribution in [3.05, 3.63) is 94.6 Å². The van der Waals surface area contributed by atoms with Gasteiger partial charge >= 0.3 is 0 Å². The minimum absolute atomic E-state index is 0.0153. The second-order valence-electron chi connectivity index (χ2n) is 7.97. The standard InChI is InChI=1S/C27H25NO5/c1-16-11-12-22(17(2)13-16)28-24(18-7-5-9-20(14-18)32-3)23(26(30)27(28)31)25(29)19-8-6-10-21(15-19)33-4/h5-15,24,29H,1-4H3/b25-23+. The van der Waals surface area contributed by atoms with Crippen molar-refractivity contribution in [3.63, 3.8) is 0 Å². The quantitative estimate of drug-likeness (QED) is 0.343. The summed E-state index contributed by atoms with van der Waals surface area (Å²) in [5.41, 5.74) is 3.56. The van der Waals surface area contributed by atoms with E-state index in [9.17, 15) is 14.7 Å². The summed E-state index contributed by atoms with van der Waals surface area (Å²) in [6.45, 7) is 3.86. The Morgan fingerprint density at radius 1 is 0.879 bits per heavy atom. The van der Waals surface area contributed by atoms with Crippen molar-refractivity contribution >= 4 is 23.1 Å². The SMILES string of the molecule is COc1cccc(/C(O)=C2\C(=O)C(=O)N(c3ccc(C)cc3C)C2c2cccc(OC)c2)c1. The van der Waals surface area contributed by atoms with Crippen LogP contribution in [0.25, 0.3) is 5.76 Å². The van der Waals surface area contributed by atoms with Crippen LogP contribution in [0.5, 0.6) is 11.5 Å². The molecule has 4 rings (SSSR count). The number of aliphatic hydroxyl groups excluding tert-OH is 1. The molecule has 1 amide bonds.